The molecule has 0 N–H and O–H groups in total. The third kappa shape index (κ3) is 2.33. The molecule has 0 unspecified atom stereocenters. The molecule has 1 aromatic carbocycles. The van der Waals surface area contributed by atoms with E-state index in [4.69, 9.17) is 0 Å². The number of aryl methyl sites for hydroxylation is 1. The van der Waals surface area contributed by atoms with Crippen LogP contribution in [0.3, 0.4) is 0 Å². The minimum absolute atomic E-state index is 0.479. The molecule has 0 saturated heterocycles. The number of hydrogen-bond acceptors (Lipinski definition) is 1. The van der Waals surface area contributed by atoms with Gasteiger partial charge in [-0.15, -0.1) is 0 Å². The normalized spacial score (nSPS) is 11.8. The van der Waals surface area contributed by atoms with Crippen LogP contribution in [0.15, 0.2) is 36.7 Å². The van der Waals surface area contributed by atoms with Gasteiger partial charge in [0.1, 0.15) is 0 Å². The van der Waals surface area contributed by atoms with Gasteiger partial charge in [-0.3, -0.25) is 0 Å². The highest BCUT2D eigenvalue weighted by molar-refractivity contribution is 5.44. The van der Waals surface area contributed by atoms with E-state index in [0.717, 1.165) is 17.7 Å². The van der Waals surface area contributed by atoms with Crippen molar-refractivity contribution in [2.24, 2.45) is 0 Å². The molecule has 2 rings (SSSR count). The van der Waals surface area contributed by atoms with Gasteiger partial charge in [-0.2, -0.15) is 18.3 Å². The van der Waals surface area contributed by atoms with Crippen molar-refractivity contribution in [3.63, 3.8) is 0 Å². The van der Waals surface area contributed by atoms with Crippen LogP contribution in [0.4, 0.5) is 13.2 Å². The van der Waals surface area contributed by atoms with Gasteiger partial charge in [0, 0.05) is 12.4 Å². The Hall–Kier alpha value is -1.78. The van der Waals surface area contributed by atoms with Crippen LogP contribution < -0.4 is 0 Å². The highest BCUT2D eigenvalue weighted by Gasteiger charge is 2.31. The average Bonchev–Trinajstić information content (AvgIpc) is 2.80. The van der Waals surface area contributed by atoms with Crippen LogP contribution in [0, 0.1) is 0 Å². The molecule has 1 heterocycles. The monoisotopic (exact) mass is 240 g/mol. The molecule has 0 fully saturated rings. The third-order valence-electron chi connectivity index (χ3n) is 2.54. The van der Waals surface area contributed by atoms with Crippen LogP contribution in [0.25, 0.3) is 5.69 Å². The largest absolute Gasteiger partial charge is 0.416 e. The van der Waals surface area contributed by atoms with Gasteiger partial charge >= 0.3 is 6.18 Å². The summed E-state index contributed by atoms with van der Waals surface area (Å²) >= 11 is 0. The molecule has 0 spiro atoms. The molecule has 0 bridgehead atoms. The lowest BCUT2D eigenvalue weighted by molar-refractivity contribution is -0.137. The van der Waals surface area contributed by atoms with E-state index in [1.807, 2.05) is 6.92 Å². The van der Waals surface area contributed by atoms with Crippen LogP contribution in [-0.2, 0) is 12.6 Å². The van der Waals surface area contributed by atoms with E-state index >= 15 is 0 Å². The highest BCUT2D eigenvalue weighted by atomic mass is 19.4. The molecule has 1 aromatic heterocycles. The topological polar surface area (TPSA) is 17.8 Å². The summed E-state index contributed by atoms with van der Waals surface area (Å²) in [5.74, 6) is 0. The average molecular weight is 240 g/mol. The fourth-order valence-corrected chi connectivity index (χ4v) is 1.66. The van der Waals surface area contributed by atoms with Crippen LogP contribution in [0.2, 0.25) is 0 Å². The van der Waals surface area contributed by atoms with E-state index in [-0.39, 0.29) is 0 Å². The molecular formula is C12H11F3N2. The fraction of sp³-hybridized carbons (Fsp3) is 0.250. The van der Waals surface area contributed by atoms with Gasteiger partial charge < -0.3 is 0 Å². The molecule has 2 nitrogen and oxygen atoms in total. The molecule has 0 aliphatic carbocycles. The summed E-state index contributed by atoms with van der Waals surface area (Å²) in [6.45, 7) is 1.90. The van der Waals surface area contributed by atoms with Crippen LogP contribution >= 0.6 is 0 Å². The SMILES string of the molecule is CCc1ccc(C(F)(F)F)cc1-n1cccn1. The Morgan fingerprint density at radius 1 is 1.29 bits per heavy atom. The lowest BCUT2D eigenvalue weighted by atomic mass is 10.1. The Bertz CT molecular complexity index is 501. The van der Waals surface area contributed by atoms with Gasteiger partial charge in [-0.25, -0.2) is 4.68 Å². The Balaban J connectivity index is 2.55. The quantitative estimate of drug-likeness (QED) is 0.786. The molecule has 2 aromatic rings. The van der Waals surface area contributed by atoms with Crippen molar-refractivity contribution in [2.75, 3.05) is 0 Å². The maximum absolute atomic E-state index is 12.6. The zero-order chi connectivity index (χ0) is 12.5. The van der Waals surface area contributed by atoms with Crippen molar-refractivity contribution >= 4 is 0 Å². The van der Waals surface area contributed by atoms with Crippen molar-refractivity contribution < 1.29 is 13.2 Å². The van der Waals surface area contributed by atoms with E-state index in [1.165, 1.54) is 10.7 Å². The van der Waals surface area contributed by atoms with Crippen molar-refractivity contribution in [2.45, 2.75) is 19.5 Å². The maximum atomic E-state index is 12.6. The van der Waals surface area contributed by atoms with Crippen LogP contribution in [-0.4, -0.2) is 9.78 Å². The van der Waals surface area contributed by atoms with E-state index in [2.05, 4.69) is 5.10 Å². The van der Waals surface area contributed by atoms with Gasteiger partial charge in [0.2, 0.25) is 0 Å². The standard InChI is InChI=1S/C12H11F3N2/c1-2-9-4-5-10(12(13,14)15)8-11(9)17-7-3-6-16-17/h3-8H,2H2,1H3. The maximum Gasteiger partial charge on any atom is 0.416 e. The first-order valence-electron chi connectivity index (χ1n) is 5.22. The summed E-state index contributed by atoms with van der Waals surface area (Å²) in [7, 11) is 0. The second-order valence-electron chi connectivity index (χ2n) is 3.65. The van der Waals surface area contributed by atoms with Gasteiger partial charge in [0.05, 0.1) is 11.3 Å². The van der Waals surface area contributed by atoms with Gasteiger partial charge in [0.15, 0.2) is 0 Å². The lowest BCUT2D eigenvalue weighted by Crippen LogP contribution is -2.08. The first kappa shape index (κ1) is 11.7. The van der Waals surface area contributed by atoms with E-state index in [9.17, 15) is 13.2 Å². The molecule has 0 saturated carbocycles. The molecule has 0 radical (unpaired) electrons. The molecule has 0 aliphatic heterocycles. The van der Waals surface area contributed by atoms with Crippen molar-refractivity contribution in [1.29, 1.82) is 0 Å². The van der Waals surface area contributed by atoms with Gasteiger partial charge in [0.25, 0.3) is 0 Å². The zero-order valence-corrected chi connectivity index (χ0v) is 9.20. The minimum atomic E-state index is -4.33. The number of alkyl halides is 3. The van der Waals surface area contributed by atoms with Crippen molar-refractivity contribution in [3.8, 4) is 5.69 Å². The lowest BCUT2D eigenvalue weighted by Gasteiger charge is -2.12. The summed E-state index contributed by atoms with van der Waals surface area (Å²) in [5, 5.41) is 3.97. The molecule has 17 heavy (non-hydrogen) atoms. The Morgan fingerprint density at radius 3 is 2.59 bits per heavy atom. The minimum Gasteiger partial charge on any atom is -0.241 e. The molecular weight excluding hydrogens is 229 g/mol. The first-order valence-corrected chi connectivity index (χ1v) is 5.22. The number of rotatable bonds is 2. The number of benzene rings is 1. The van der Waals surface area contributed by atoms with Crippen molar-refractivity contribution in [1.82, 2.24) is 9.78 Å². The van der Waals surface area contributed by atoms with E-state index in [1.54, 1.807) is 18.5 Å². The molecule has 0 aliphatic rings. The summed E-state index contributed by atoms with van der Waals surface area (Å²) in [5.41, 5.74) is 0.661. The Kier molecular flexibility index (Phi) is 2.92. The number of aromatic nitrogens is 2. The smallest absolute Gasteiger partial charge is 0.241 e. The summed E-state index contributed by atoms with van der Waals surface area (Å²) in [4.78, 5) is 0. The van der Waals surface area contributed by atoms with Gasteiger partial charge in [-0.05, 0) is 30.2 Å². The summed E-state index contributed by atoms with van der Waals surface area (Å²) in [6.07, 6.45) is -0.490. The summed E-state index contributed by atoms with van der Waals surface area (Å²) < 4.78 is 39.3. The molecule has 0 amide bonds. The fourth-order valence-electron chi connectivity index (χ4n) is 1.66. The third-order valence-corrected chi connectivity index (χ3v) is 2.54. The number of nitrogens with zero attached hydrogens (tertiary/aromatic N) is 2. The number of halogens is 3. The first-order chi connectivity index (χ1) is 8.02. The van der Waals surface area contributed by atoms with Crippen molar-refractivity contribution in [3.05, 3.63) is 47.8 Å². The van der Waals surface area contributed by atoms with Crippen LogP contribution in [0.1, 0.15) is 18.1 Å². The van der Waals surface area contributed by atoms with Gasteiger partial charge in [-0.1, -0.05) is 13.0 Å². The molecule has 90 valence electrons. The molecule has 0 atom stereocenters. The Labute approximate surface area is 96.7 Å². The second-order valence-corrected chi connectivity index (χ2v) is 3.65. The predicted molar refractivity (Wildman–Crippen MR) is 57.9 cm³/mol. The molecule has 5 heteroatoms. The van der Waals surface area contributed by atoms with E-state index < -0.39 is 11.7 Å². The van der Waals surface area contributed by atoms with E-state index in [0.29, 0.717) is 12.1 Å². The predicted octanol–water partition coefficient (Wildman–Crippen LogP) is 3.45. The summed E-state index contributed by atoms with van der Waals surface area (Å²) in [6, 6.07) is 5.41. The Morgan fingerprint density at radius 2 is 2.06 bits per heavy atom. The van der Waals surface area contributed by atoms with Crippen LogP contribution in [0.5, 0.6) is 0 Å². The second kappa shape index (κ2) is 4.24. The number of hydrogen-bond donors (Lipinski definition) is 0. The zero-order valence-electron chi connectivity index (χ0n) is 9.20. The highest BCUT2D eigenvalue weighted by Crippen LogP contribution is 2.31.